The summed E-state index contributed by atoms with van der Waals surface area (Å²) in [6.45, 7) is 2.18. The molecule has 1 nitrogen and oxygen atoms in total. The van der Waals surface area contributed by atoms with E-state index in [1.807, 2.05) is 0 Å². The maximum Gasteiger partial charge on any atom is 0.0268 e. The maximum absolute atomic E-state index is 3.36. The van der Waals surface area contributed by atoms with Crippen LogP contribution in [0.15, 0.2) is 42.1 Å². The number of hydrogen-bond acceptors (Lipinski definition) is 0. The number of hydrogen-bond donors (Lipinski definition) is 1. The number of H-pyrrole nitrogens is 1. The fourth-order valence-corrected chi connectivity index (χ4v) is 2.22. The SMILES string of the molecule is CC1=Cc2c(-c3ccccc3)c[nH]c2C1. The lowest BCUT2D eigenvalue weighted by Gasteiger charge is -1.98. The van der Waals surface area contributed by atoms with E-state index in [1.165, 1.54) is 28.0 Å². The lowest BCUT2D eigenvalue weighted by atomic mass is 10.0. The Balaban J connectivity index is 2.16. The molecule has 0 spiro atoms. The van der Waals surface area contributed by atoms with Crippen LogP contribution < -0.4 is 0 Å². The summed E-state index contributed by atoms with van der Waals surface area (Å²) in [5.41, 5.74) is 6.78. The lowest BCUT2D eigenvalue weighted by molar-refractivity contribution is 1.11. The van der Waals surface area contributed by atoms with Crippen LogP contribution in [0, 0.1) is 0 Å². The Morgan fingerprint density at radius 2 is 1.93 bits per heavy atom. The van der Waals surface area contributed by atoms with Gasteiger partial charge in [-0.1, -0.05) is 42.0 Å². The highest BCUT2D eigenvalue weighted by molar-refractivity contribution is 5.79. The minimum Gasteiger partial charge on any atom is -0.364 e. The Bertz CT molecular complexity index is 518. The molecule has 0 atom stereocenters. The molecule has 1 aliphatic carbocycles. The molecule has 0 fully saturated rings. The molecule has 0 saturated carbocycles. The number of fused-ring (bicyclic) bond motifs is 1. The van der Waals surface area contributed by atoms with E-state index in [4.69, 9.17) is 0 Å². The van der Waals surface area contributed by atoms with Crippen molar-refractivity contribution in [3.63, 3.8) is 0 Å². The Labute approximate surface area is 89.5 Å². The molecule has 74 valence electrons. The third-order valence-corrected chi connectivity index (χ3v) is 2.94. The van der Waals surface area contributed by atoms with Gasteiger partial charge in [0.05, 0.1) is 0 Å². The van der Waals surface area contributed by atoms with Gasteiger partial charge in [-0.2, -0.15) is 0 Å². The van der Waals surface area contributed by atoms with Crippen molar-refractivity contribution in [2.24, 2.45) is 0 Å². The third-order valence-electron chi connectivity index (χ3n) is 2.94. The molecule has 15 heavy (non-hydrogen) atoms. The summed E-state index contributed by atoms with van der Waals surface area (Å²) in [6.07, 6.45) is 5.47. The predicted octanol–water partition coefficient (Wildman–Crippen LogP) is 3.64. The van der Waals surface area contributed by atoms with Crippen LogP contribution in [-0.2, 0) is 6.42 Å². The van der Waals surface area contributed by atoms with Crippen molar-refractivity contribution in [3.05, 3.63) is 53.4 Å². The first-order valence-electron chi connectivity index (χ1n) is 5.27. The average molecular weight is 195 g/mol. The predicted molar refractivity (Wildman–Crippen MR) is 63.6 cm³/mol. The average Bonchev–Trinajstić information content (AvgIpc) is 2.77. The van der Waals surface area contributed by atoms with Crippen LogP contribution in [0.5, 0.6) is 0 Å². The van der Waals surface area contributed by atoms with Gasteiger partial charge < -0.3 is 4.98 Å². The standard InChI is InChI=1S/C14H13N/c1-10-7-12-13(9-15-14(12)8-10)11-5-3-2-4-6-11/h2-7,9,15H,8H2,1H3. The molecule has 1 aliphatic rings. The smallest absolute Gasteiger partial charge is 0.0268 e. The van der Waals surface area contributed by atoms with Gasteiger partial charge in [0.1, 0.15) is 0 Å². The molecule has 1 heteroatoms. The van der Waals surface area contributed by atoms with E-state index in [-0.39, 0.29) is 0 Å². The zero-order chi connectivity index (χ0) is 10.3. The van der Waals surface area contributed by atoms with Crippen molar-refractivity contribution in [2.45, 2.75) is 13.3 Å². The van der Waals surface area contributed by atoms with Crippen LogP contribution >= 0.6 is 0 Å². The second-order valence-electron chi connectivity index (χ2n) is 4.13. The monoisotopic (exact) mass is 195 g/mol. The van der Waals surface area contributed by atoms with Crippen LogP contribution in [0.4, 0.5) is 0 Å². The fraction of sp³-hybridized carbons (Fsp3) is 0.143. The molecular formula is C14H13N. The van der Waals surface area contributed by atoms with E-state index in [0.717, 1.165) is 6.42 Å². The van der Waals surface area contributed by atoms with Crippen molar-refractivity contribution >= 4 is 6.08 Å². The molecular weight excluding hydrogens is 182 g/mol. The molecule has 0 amide bonds. The lowest BCUT2D eigenvalue weighted by Crippen LogP contribution is -1.79. The summed E-state index contributed by atoms with van der Waals surface area (Å²) in [6, 6.07) is 10.5. The van der Waals surface area contributed by atoms with Crippen molar-refractivity contribution in [2.75, 3.05) is 0 Å². The van der Waals surface area contributed by atoms with Crippen molar-refractivity contribution in [1.29, 1.82) is 0 Å². The zero-order valence-electron chi connectivity index (χ0n) is 8.75. The highest BCUT2D eigenvalue weighted by Crippen LogP contribution is 2.33. The second kappa shape index (κ2) is 3.13. The van der Waals surface area contributed by atoms with Gasteiger partial charge in [-0.05, 0) is 12.5 Å². The number of allylic oxidation sites excluding steroid dienone is 1. The normalized spacial score (nSPS) is 13.8. The molecule has 0 radical (unpaired) electrons. The van der Waals surface area contributed by atoms with Crippen LogP contribution in [0.25, 0.3) is 17.2 Å². The summed E-state index contributed by atoms with van der Waals surface area (Å²) in [5.74, 6) is 0. The van der Waals surface area contributed by atoms with Crippen LogP contribution in [0.1, 0.15) is 18.2 Å². The summed E-state index contributed by atoms with van der Waals surface area (Å²) >= 11 is 0. The first-order chi connectivity index (χ1) is 7.34. The topological polar surface area (TPSA) is 15.8 Å². The molecule has 1 heterocycles. The van der Waals surface area contributed by atoms with Crippen molar-refractivity contribution in [3.8, 4) is 11.1 Å². The van der Waals surface area contributed by atoms with Gasteiger partial charge in [0.15, 0.2) is 0 Å². The van der Waals surface area contributed by atoms with E-state index in [1.54, 1.807) is 0 Å². The molecule has 0 unspecified atom stereocenters. The molecule has 0 saturated heterocycles. The largest absolute Gasteiger partial charge is 0.364 e. The number of benzene rings is 1. The van der Waals surface area contributed by atoms with Crippen molar-refractivity contribution < 1.29 is 0 Å². The number of aromatic nitrogens is 1. The molecule has 0 aliphatic heterocycles. The molecule has 3 rings (SSSR count). The minimum absolute atomic E-state index is 1.07. The molecule has 1 N–H and O–H groups in total. The highest BCUT2D eigenvalue weighted by atomic mass is 14.7. The van der Waals surface area contributed by atoms with Gasteiger partial charge in [-0.25, -0.2) is 0 Å². The van der Waals surface area contributed by atoms with Gasteiger partial charge in [-0.15, -0.1) is 0 Å². The Morgan fingerprint density at radius 1 is 1.13 bits per heavy atom. The summed E-state index contributed by atoms with van der Waals surface area (Å²) in [7, 11) is 0. The summed E-state index contributed by atoms with van der Waals surface area (Å²) in [4.78, 5) is 3.36. The van der Waals surface area contributed by atoms with E-state index in [9.17, 15) is 0 Å². The van der Waals surface area contributed by atoms with Gasteiger partial charge in [0, 0.05) is 29.4 Å². The number of aromatic amines is 1. The van der Waals surface area contributed by atoms with E-state index in [0.29, 0.717) is 0 Å². The van der Waals surface area contributed by atoms with E-state index in [2.05, 4.69) is 54.5 Å². The second-order valence-corrected chi connectivity index (χ2v) is 4.13. The van der Waals surface area contributed by atoms with E-state index < -0.39 is 0 Å². The number of nitrogens with one attached hydrogen (secondary N) is 1. The summed E-state index contributed by atoms with van der Waals surface area (Å²) in [5, 5.41) is 0. The molecule has 0 bridgehead atoms. The van der Waals surface area contributed by atoms with Gasteiger partial charge >= 0.3 is 0 Å². The summed E-state index contributed by atoms with van der Waals surface area (Å²) < 4.78 is 0. The first kappa shape index (κ1) is 8.54. The molecule has 1 aromatic heterocycles. The minimum atomic E-state index is 1.07. The maximum atomic E-state index is 3.36. The van der Waals surface area contributed by atoms with Gasteiger partial charge in [0.25, 0.3) is 0 Å². The van der Waals surface area contributed by atoms with Crippen molar-refractivity contribution in [1.82, 2.24) is 4.98 Å². The Morgan fingerprint density at radius 3 is 2.73 bits per heavy atom. The fourth-order valence-electron chi connectivity index (χ4n) is 2.22. The van der Waals surface area contributed by atoms with Crippen LogP contribution in [0.3, 0.4) is 0 Å². The van der Waals surface area contributed by atoms with Crippen LogP contribution in [0.2, 0.25) is 0 Å². The highest BCUT2D eigenvalue weighted by Gasteiger charge is 2.15. The third kappa shape index (κ3) is 1.32. The molecule has 1 aromatic carbocycles. The Kier molecular flexibility index (Phi) is 1.78. The van der Waals surface area contributed by atoms with Crippen LogP contribution in [-0.4, -0.2) is 4.98 Å². The zero-order valence-corrected chi connectivity index (χ0v) is 8.75. The number of rotatable bonds is 1. The first-order valence-corrected chi connectivity index (χ1v) is 5.27. The van der Waals surface area contributed by atoms with Gasteiger partial charge in [-0.3, -0.25) is 0 Å². The van der Waals surface area contributed by atoms with E-state index >= 15 is 0 Å². The quantitative estimate of drug-likeness (QED) is 0.715. The Hall–Kier alpha value is -1.76. The molecule has 2 aromatic rings. The van der Waals surface area contributed by atoms with Gasteiger partial charge in [0.2, 0.25) is 0 Å².